The molecule has 0 bridgehead atoms. The standard InChI is InChI=1S/C10H16N2O2.C2HF3O2/c1-7-8(2)12-14-10(7)11-9-3-5-13-6-4-9;3-2(4,5)1(6)7/h9,11H,3-6H2,1-2H3;(H,6,7). The van der Waals surface area contributed by atoms with Gasteiger partial charge >= 0.3 is 12.1 Å². The van der Waals surface area contributed by atoms with E-state index in [1.54, 1.807) is 0 Å². The van der Waals surface area contributed by atoms with Crippen molar-refractivity contribution in [3.05, 3.63) is 11.3 Å². The molecule has 0 aromatic carbocycles. The normalized spacial score (nSPS) is 16.0. The van der Waals surface area contributed by atoms with Crippen molar-refractivity contribution in [1.29, 1.82) is 0 Å². The summed E-state index contributed by atoms with van der Waals surface area (Å²) in [5.74, 6) is -1.94. The molecule has 0 saturated carbocycles. The van der Waals surface area contributed by atoms with Gasteiger partial charge < -0.3 is 19.7 Å². The minimum absolute atomic E-state index is 0.467. The zero-order chi connectivity index (χ0) is 16.0. The fourth-order valence-corrected chi connectivity index (χ4v) is 1.58. The van der Waals surface area contributed by atoms with Gasteiger partial charge in [0.25, 0.3) is 0 Å². The first-order valence-electron chi connectivity index (χ1n) is 6.29. The highest BCUT2D eigenvalue weighted by atomic mass is 19.4. The maximum Gasteiger partial charge on any atom is 0.490 e. The molecular formula is C12H17F3N2O4. The van der Waals surface area contributed by atoms with E-state index in [1.165, 1.54) is 0 Å². The molecule has 0 spiro atoms. The van der Waals surface area contributed by atoms with Crippen LogP contribution in [-0.4, -0.2) is 41.7 Å². The van der Waals surface area contributed by atoms with Crippen LogP contribution in [0.2, 0.25) is 0 Å². The molecular weight excluding hydrogens is 293 g/mol. The molecule has 9 heteroatoms. The number of anilines is 1. The molecule has 120 valence electrons. The van der Waals surface area contributed by atoms with Gasteiger partial charge in [-0.15, -0.1) is 0 Å². The lowest BCUT2D eigenvalue weighted by atomic mass is 10.1. The number of carboxylic acid groups (broad SMARTS) is 1. The number of hydrogen-bond acceptors (Lipinski definition) is 5. The summed E-state index contributed by atoms with van der Waals surface area (Å²) < 4.78 is 42.2. The Hall–Kier alpha value is -1.77. The van der Waals surface area contributed by atoms with Gasteiger partial charge in [-0.2, -0.15) is 13.2 Å². The smallest absolute Gasteiger partial charge is 0.475 e. The van der Waals surface area contributed by atoms with Crippen molar-refractivity contribution < 1.29 is 32.3 Å². The fraction of sp³-hybridized carbons (Fsp3) is 0.667. The van der Waals surface area contributed by atoms with E-state index in [2.05, 4.69) is 10.5 Å². The van der Waals surface area contributed by atoms with Crippen molar-refractivity contribution in [2.75, 3.05) is 18.5 Å². The van der Waals surface area contributed by atoms with Gasteiger partial charge in [0.15, 0.2) is 0 Å². The van der Waals surface area contributed by atoms with E-state index in [9.17, 15) is 13.2 Å². The molecule has 1 aliphatic heterocycles. The van der Waals surface area contributed by atoms with Crippen LogP contribution in [0, 0.1) is 13.8 Å². The predicted octanol–water partition coefficient (Wildman–Crippen LogP) is 2.52. The van der Waals surface area contributed by atoms with Crippen LogP contribution in [0.25, 0.3) is 0 Å². The first-order chi connectivity index (χ1) is 9.71. The van der Waals surface area contributed by atoms with Crippen LogP contribution < -0.4 is 5.32 Å². The molecule has 1 aliphatic rings. The fourth-order valence-electron chi connectivity index (χ4n) is 1.58. The van der Waals surface area contributed by atoms with Crippen LogP contribution in [0.5, 0.6) is 0 Å². The summed E-state index contributed by atoms with van der Waals surface area (Å²) in [7, 11) is 0. The van der Waals surface area contributed by atoms with Gasteiger partial charge in [0, 0.05) is 24.8 Å². The van der Waals surface area contributed by atoms with E-state index in [0.29, 0.717) is 6.04 Å². The molecule has 1 aromatic heterocycles. The van der Waals surface area contributed by atoms with Crippen molar-refractivity contribution in [2.24, 2.45) is 0 Å². The summed E-state index contributed by atoms with van der Waals surface area (Å²) in [4.78, 5) is 8.90. The number of aryl methyl sites for hydroxylation is 1. The van der Waals surface area contributed by atoms with Gasteiger partial charge in [-0.05, 0) is 26.7 Å². The van der Waals surface area contributed by atoms with Crippen molar-refractivity contribution >= 4 is 11.9 Å². The van der Waals surface area contributed by atoms with Crippen molar-refractivity contribution in [3.8, 4) is 0 Å². The molecule has 1 aromatic rings. The zero-order valence-electron chi connectivity index (χ0n) is 11.7. The van der Waals surface area contributed by atoms with E-state index in [1.807, 2.05) is 13.8 Å². The van der Waals surface area contributed by atoms with Gasteiger partial charge in [0.2, 0.25) is 5.88 Å². The number of rotatable bonds is 2. The van der Waals surface area contributed by atoms with Gasteiger partial charge in [0.1, 0.15) is 0 Å². The summed E-state index contributed by atoms with van der Waals surface area (Å²) in [5.41, 5.74) is 2.07. The molecule has 1 fully saturated rings. The summed E-state index contributed by atoms with van der Waals surface area (Å²) in [6, 6.07) is 0.467. The molecule has 1 saturated heterocycles. The number of ether oxygens (including phenoxy) is 1. The predicted molar refractivity (Wildman–Crippen MR) is 67.1 cm³/mol. The maximum absolute atomic E-state index is 10.6. The zero-order valence-corrected chi connectivity index (χ0v) is 11.7. The van der Waals surface area contributed by atoms with Crippen LogP contribution in [0.3, 0.4) is 0 Å². The van der Waals surface area contributed by atoms with Crippen LogP contribution in [0.1, 0.15) is 24.1 Å². The third-order valence-corrected chi connectivity index (χ3v) is 2.96. The second kappa shape index (κ2) is 7.30. The van der Waals surface area contributed by atoms with E-state index >= 15 is 0 Å². The third kappa shape index (κ3) is 5.62. The number of nitrogens with zero attached hydrogens (tertiary/aromatic N) is 1. The number of nitrogens with one attached hydrogen (secondary N) is 1. The number of aliphatic carboxylic acids is 1. The maximum atomic E-state index is 10.6. The molecule has 0 aliphatic carbocycles. The first-order valence-corrected chi connectivity index (χ1v) is 6.29. The average Bonchev–Trinajstić information content (AvgIpc) is 2.72. The van der Waals surface area contributed by atoms with E-state index in [-0.39, 0.29) is 0 Å². The van der Waals surface area contributed by atoms with Gasteiger partial charge in [-0.25, -0.2) is 4.79 Å². The number of carboxylic acids is 1. The lowest BCUT2D eigenvalue weighted by molar-refractivity contribution is -0.192. The van der Waals surface area contributed by atoms with Crippen LogP contribution in [-0.2, 0) is 9.53 Å². The van der Waals surface area contributed by atoms with Gasteiger partial charge in [-0.1, -0.05) is 5.16 Å². The molecule has 2 N–H and O–H groups in total. The number of alkyl halides is 3. The lowest BCUT2D eigenvalue weighted by Gasteiger charge is -2.22. The topological polar surface area (TPSA) is 84.6 Å². The number of halogens is 3. The Labute approximate surface area is 119 Å². The van der Waals surface area contributed by atoms with Crippen molar-refractivity contribution in [3.63, 3.8) is 0 Å². The summed E-state index contributed by atoms with van der Waals surface area (Å²) in [6.45, 7) is 5.65. The number of carbonyl (C=O) groups is 1. The molecule has 2 heterocycles. The summed E-state index contributed by atoms with van der Waals surface area (Å²) in [6.07, 6.45) is -3.00. The monoisotopic (exact) mass is 310 g/mol. The van der Waals surface area contributed by atoms with Crippen molar-refractivity contribution in [1.82, 2.24) is 5.16 Å². The second-order valence-corrected chi connectivity index (χ2v) is 4.56. The minimum atomic E-state index is -5.08. The molecule has 0 unspecified atom stereocenters. The Morgan fingerprint density at radius 3 is 2.24 bits per heavy atom. The lowest BCUT2D eigenvalue weighted by Crippen LogP contribution is -2.27. The van der Waals surface area contributed by atoms with E-state index < -0.39 is 12.1 Å². The van der Waals surface area contributed by atoms with Crippen LogP contribution >= 0.6 is 0 Å². The Balaban J connectivity index is 0.000000270. The van der Waals surface area contributed by atoms with Gasteiger partial charge in [0.05, 0.1) is 5.69 Å². The molecule has 0 atom stereocenters. The highest BCUT2D eigenvalue weighted by Crippen LogP contribution is 2.21. The Bertz CT molecular complexity index is 468. The third-order valence-electron chi connectivity index (χ3n) is 2.96. The van der Waals surface area contributed by atoms with Crippen molar-refractivity contribution in [2.45, 2.75) is 38.9 Å². The highest BCUT2D eigenvalue weighted by molar-refractivity contribution is 5.73. The quantitative estimate of drug-likeness (QED) is 0.873. The molecule has 2 rings (SSSR count). The average molecular weight is 310 g/mol. The summed E-state index contributed by atoms with van der Waals surface area (Å²) >= 11 is 0. The minimum Gasteiger partial charge on any atom is -0.475 e. The molecule has 0 amide bonds. The van der Waals surface area contributed by atoms with Gasteiger partial charge in [-0.3, -0.25) is 0 Å². The molecule has 0 radical (unpaired) electrons. The first kappa shape index (κ1) is 17.3. The largest absolute Gasteiger partial charge is 0.490 e. The highest BCUT2D eigenvalue weighted by Gasteiger charge is 2.38. The Morgan fingerprint density at radius 1 is 1.33 bits per heavy atom. The summed E-state index contributed by atoms with van der Waals surface area (Å²) in [5, 5.41) is 14.4. The van der Waals surface area contributed by atoms with Crippen LogP contribution in [0.4, 0.5) is 19.1 Å². The number of hydrogen-bond donors (Lipinski definition) is 2. The van der Waals surface area contributed by atoms with Crippen LogP contribution in [0.15, 0.2) is 4.52 Å². The second-order valence-electron chi connectivity index (χ2n) is 4.56. The molecule has 6 nitrogen and oxygen atoms in total. The number of aromatic nitrogens is 1. The van der Waals surface area contributed by atoms with E-state index in [0.717, 1.165) is 43.2 Å². The Kier molecular flexibility index (Phi) is 6.01. The molecule has 21 heavy (non-hydrogen) atoms. The van der Waals surface area contributed by atoms with E-state index in [4.69, 9.17) is 19.2 Å². The SMILES string of the molecule is Cc1noc(NC2CCOCC2)c1C.O=C(O)C(F)(F)F. The Morgan fingerprint density at radius 2 is 1.86 bits per heavy atom.